The predicted molar refractivity (Wildman–Crippen MR) is 147 cm³/mol. The molecule has 190 valence electrons. The molecule has 0 aliphatic heterocycles. The van der Waals surface area contributed by atoms with E-state index in [0.29, 0.717) is 17.0 Å². The normalized spacial score (nSPS) is 11.3. The molecular formula is C33H25N2O2Pt-. The van der Waals surface area contributed by atoms with Gasteiger partial charge in [0.15, 0.2) is 0 Å². The van der Waals surface area contributed by atoms with Crippen molar-refractivity contribution in [1.82, 2.24) is 9.97 Å². The molecule has 0 unspecified atom stereocenters. The maximum absolute atomic E-state index is 10.3. The number of aromatic nitrogens is 2. The van der Waals surface area contributed by atoms with Gasteiger partial charge in [-0.1, -0.05) is 91.7 Å². The van der Waals surface area contributed by atoms with Gasteiger partial charge in [-0.15, -0.1) is 29.8 Å². The minimum Gasteiger partial charge on any atom is -0.507 e. The summed E-state index contributed by atoms with van der Waals surface area (Å²) in [5.41, 5.74) is 7.50. The van der Waals surface area contributed by atoms with Gasteiger partial charge in [-0.3, -0.25) is 4.98 Å². The fraction of sp³-hybridized carbons (Fsp3) is 0.0909. The van der Waals surface area contributed by atoms with E-state index >= 15 is 0 Å². The summed E-state index contributed by atoms with van der Waals surface area (Å²) >= 11 is 0. The molecule has 38 heavy (non-hydrogen) atoms. The number of fused-ring (bicyclic) bond motifs is 1. The van der Waals surface area contributed by atoms with E-state index in [9.17, 15) is 5.11 Å². The second-order valence-corrected chi connectivity index (χ2v) is 9.57. The van der Waals surface area contributed by atoms with Crippen LogP contribution in [0.25, 0.3) is 44.9 Å². The van der Waals surface area contributed by atoms with Crippen LogP contribution in [0.2, 0.25) is 0 Å². The number of hydrogen-bond acceptors (Lipinski definition) is 4. The molecule has 0 saturated heterocycles. The van der Waals surface area contributed by atoms with Gasteiger partial charge in [0.05, 0.1) is 11.1 Å². The number of hydrogen-bond donors (Lipinski definition) is 1. The Kier molecular flexibility index (Phi) is 7.01. The summed E-state index contributed by atoms with van der Waals surface area (Å²) in [6.45, 7) is 4.39. The van der Waals surface area contributed by atoms with Gasteiger partial charge in [-0.2, -0.15) is 0 Å². The molecule has 0 amide bonds. The van der Waals surface area contributed by atoms with Crippen molar-refractivity contribution in [3.8, 4) is 39.6 Å². The Hall–Kier alpha value is -4.01. The summed E-state index contributed by atoms with van der Waals surface area (Å²) in [5, 5.41) is 10.3. The maximum atomic E-state index is 10.3. The van der Waals surface area contributed by atoms with Crippen LogP contribution in [0, 0.1) is 6.07 Å². The molecule has 0 saturated carbocycles. The number of nitrogens with zero attached hydrogens (tertiary/aromatic N) is 2. The Balaban J connectivity index is 0.00000294. The third-order valence-electron chi connectivity index (χ3n) is 6.80. The van der Waals surface area contributed by atoms with E-state index in [2.05, 4.69) is 56.3 Å². The first-order valence-electron chi connectivity index (χ1n) is 12.2. The molecule has 6 rings (SSSR count). The molecule has 4 aromatic carbocycles. The zero-order chi connectivity index (χ0) is 25.4. The Labute approximate surface area is 236 Å². The van der Waals surface area contributed by atoms with Crippen LogP contribution in [0.1, 0.15) is 25.1 Å². The van der Waals surface area contributed by atoms with Crippen molar-refractivity contribution in [2.75, 3.05) is 0 Å². The maximum Gasteiger partial charge on any atom is 0.230 e. The van der Waals surface area contributed by atoms with Crippen molar-refractivity contribution in [2.45, 2.75) is 19.3 Å². The van der Waals surface area contributed by atoms with Gasteiger partial charge < -0.3 is 9.52 Å². The number of rotatable bonds is 5. The molecule has 0 spiro atoms. The van der Waals surface area contributed by atoms with E-state index in [1.165, 1.54) is 5.56 Å². The quantitative estimate of drug-likeness (QED) is 0.188. The monoisotopic (exact) mass is 676 g/mol. The zero-order valence-corrected chi connectivity index (χ0v) is 23.2. The van der Waals surface area contributed by atoms with Crippen LogP contribution in [-0.2, 0) is 26.5 Å². The molecule has 6 aromatic rings. The first kappa shape index (κ1) is 25.6. The number of phenols is 1. The molecule has 0 bridgehead atoms. The van der Waals surface area contributed by atoms with Crippen LogP contribution in [0.4, 0.5) is 0 Å². The fourth-order valence-electron chi connectivity index (χ4n) is 4.65. The van der Waals surface area contributed by atoms with Crippen molar-refractivity contribution < 1.29 is 30.6 Å². The molecular weight excluding hydrogens is 651 g/mol. The summed E-state index contributed by atoms with van der Waals surface area (Å²) in [5.74, 6) is 0.516. The summed E-state index contributed by atoms with van der Waals surface area (Å²) in [4.78, 5) is 9.79. The van der Waals surface area contributed by atoms with Crippen LogP contribution in [0.3, 0.4) is 0 Å². The molecule has 4 nitrogen and oxygen atoms in total. The van der Waals surface area contributed by atoms with E-state index in [0.717, 1.165) is 33.6 Å². The summed E-state index contributed by atoms with van der Waals surface area (Å²) < 4.78 is 6.01. The van der Waals surface area contributed by atoms with Gasteiger partial charge >= 0.3 is 0 Å². The molecule has 2 heterocycles. The Morgan fingerprint density at radius 2 is 1.37 bits per heavy atom. The van der Waals surface area contributed by atoms with Crippen LogP contribution >= 0.6 is 0 Å². The standard InChI is InChI=1S/C33H25N2O2.Pt/c1-33(2,24-13-4-3-5-14-24)30-20-10-17-27(34-30)23-12-8-11-22(21-23)25-16-9-19-29-31(25)35-32(37-29)26-15-6-7-18-28(26)36;/h3-20,36H,1-2H3;/q-1;. The average Bonchev–Trinajstić information content (AvgIpc) is 3.38. The second kappa shape index (κ2) is 10.4. The van der Waals surface area contributed by atoms with Gasteiger partial charge in [0.25, 0.3) is 0 Å². The van der Waals surface area contributed by atoms with Crippen LogP contribution in [-0.4, -0.2) is 15.1 Å². The largest absolute Gasteiger partial charge is 0.507 e. The van der Waals surface area contributed by atoms with Gasteiger partial charge in [-0.25, -0.2) is 4.98 Å². The summed E-state index contributed by atoms with van der Waals surface area (Å²) in [6.07, 6.45) is 0. The predicted octanol–water partition coefficient (Wildman–Crippen LogP) is 8.05. The van der Waals surface area contributed by atoms with E-state index in [1.54, 1.807) is 18.2 Å². The fourth-order valence-corrected chi connectivity index (χ4v) is 4.65. The number of para-hydroxylation sites is 2. The van der Waals surface area contributed by atoms with E-state index in [-0.39, 0.29) is 32.2 Å². The summed E-state index contributed by atoms with van der Waals surface area (Å²) in [6, 6.07) is 39.1. The molecule has 5 heteroatoms. The Morgan fingerprint density at radius 1 is 0.684 bits per heavy atom. The number of phenolic OH excluding ortho intramolecular Hbond substituents is 1. The van der Waals surface area contributed by atoms with Crippen molar-refractivity contribution >= 4 is 11.1 Å². The zero-order valence-electron chi connectivity index (χ0n) is 21.0. The minimum absolute atomic E-state index is 0. The molecule has 0 aliphatic carbocycles. The minimum atomic E-state index is -0.236. The molecule has 2 aromatic heterocycles. The van der Waals surface area contributed by atoms with Crippen LogP contribution in [0.15, 0.2) is 114 Å². The molecule has 0 radical (unpaired) electrons. The van der Waals surface area contributed by atoms with Crippen LogP contribution < -0.4 is 0 Å². The molecule has 0 atom stereocenters. The number of aromatic hydroxyl groups is 1. The third-order valence-corrected chi connectivity index (χ3v) is 6.80. The SMILES string of the molecule is CC(C)(c1ccccc1)c1cccc(-c2[c-]c(-c3cccc4oc(-c5ccccc5O)nc34)ccc2)n1.[Pt]. The van der Waals surface area contributed by atoms with E-state index in [1.807, 2.05) is 54.6 Å². The van der Waals surface area contributed by atoms with Gasteiger partial charge in [0, 0.05) is 37.9 Å². The first-order chi connectivity index (χ1) is 18.0. The van der Waals surface area contributed by atoms with Crippen molar-refractivity contribution in [1.29, 1.82) is 0 Å². The average molecular weight is 677 g/mol. The molecule has 0 aliphatic rings. The van der Waals surface area contributed by atoms with Gasteiger partial charge in [-0.05, 0) is 29.8 Å². The summed E-state index contributed by atoms with van der Waals surface area (Å²) in [7, 11) is 0. The van der Waals surface area contributed by atoms with Crippen LogP contribution in [0.5, 0.6) is 5.75 Å². The van der Waals surface area contributed by atoms with E-state index in [4.69, 9.17) is 14.4 Å². The Bertz CT molecular complexity index is 1720. The Morgan fingerprint density at radius 3 is 2.18 bits per heavy atom. The first-order valence-corrected chi connectivity index (χ1v) is 12.2. The van der Waals surface area contributed by atoms with Gasteiger partial charge in [0.1, 0.15) is 11.3 Å². The van der Waals surface area contributed by atoms with Crippen molar-refractivity contribution in [3.63, 3.8) is 0 Å². The van der Waals surface area contributed by atoms with Crippen molar-refractivity contribution in [3.05, 3.63) is 127 Å². The topological polar surface area (TPSA) is 59.2 Å². The molecule has 1 N–H and O–H groups in total. The second-order valence-electron chi connectivity index (χ2n) is 9.57. The van der Waals surface area contributed by atoms with Gasteiger partial charge in [0.2, 0.25) is 5.89 Å². The van der Waals surface area contributed by atoms with Crippen molar-refractivity contribution in [2.24, 2.45) is 0 Å². The smallest absolute Gasteiger partial charge is 0.230 e. The number of pyridine rings is 1. The third kappa shape index (κ3) is 4.68. The van der Waals surface area contributed by atoms with E-state index < -0.39 is 0 Å². The number of oxazole rings is 1. The number of benzene rings is 4. The molecule has 0 fully saturated rings.